The van der Waals surface area contributed by atoms with Gasteiger partial charge in [0, 0.05) is 0 Å². The molecule has 0 fully saturated rings. The molecular formula is C6H5F6NO4. The molecule has 11 heteroatoms. The van der Waals surface area contributed by atoms with Crippen molar-refractivity contribution in [3.05, 3.63) is 0 Å². The molecule has 0 aromatic heterocycles. The maximum atomic E-state index is 11.7. The van der Waals surface area contributed by atoms with Gasteiger partial charge >= 0.3 is 24.4 Å². The van der Waals surface area contributed by atoms with Crippen LogP contribution in [0.1, 0.15) is 0 Å². The van der Waals surface area contributed by atoms with Gasteiger partial charge in [-0.3, -0.25) is 9.53 Å². The molecule has 0 unspecified atom stereocenters. The summed E-state index contributed by atoms with van der Waals surface area (Å²) in [6.07, 6.45) is -10.6. The van der Waals surface area contributed by atoms with Gasteiger partial charge in [0.05, 0.1) is 6.61 Å². The van der Waals surface area contributed by atoms with Gasteiger partial charge in [-0.25, -0.2) is 4.79 Å². The van der Waals surface area contributed by atoms with Crippen LogP contribution in [-0.4, -0.2) is 42.2 Å². The highest BCUT2D eigenvalue weighted by Crippen LogP contribution is 2.17. The third-order valence-electron chi connectivity index (χ3n) is 1.27. The molecule has 0 radical (unpaired) electrons. The number of alkyl halides is 6. The molecule has 17 heavy (non-hydrogen) atoms. The van der Waals surface area contributed by atoms with E-state index in [0.717, 1.165) is 5.32 Å². The van der Waals surface area contributed by atoms with Gasteiger partial charge in [-0.2, -0.15) is 13.2 Å². The molecule has 0 bridgehead atoms. The fourth-order valence-corrected chi connectivity index (χ4v) is 0.593. The molecule has 0 aromatic rings. The summed E-state index contributed by atoms with van der Waals surface area (Å²) in [4.78, 5) is 20.5. The SMILES string of the molecule is O=C(O)[C@H](COC(F)(F)F)NC(=O)C(F)(F)F. The van der Waals surface area contributed by atoms with Crippen LogP contribution in [0.25, 0.3) is 0 Å². The number of hydrogen-bond donors (Lipinski definition) is 2. The van der Waals surface area contributed by atoms with Crippen molar-refractivity contribution >= 4 is 11.9 Å². The lowest BCUT2D eigenvalue weighted by Crippen LogP contribution is -2.49. The van der Waals surface area contributed by atoms with Gasteiger partial charge in [-0.1, -0.05) is 0 Å². The van der Waals surface area contributed by atoms with Crippen LogP contribution in [0, 0.1) is 0 Å². The zero-order valence-corrected chi connectivity index (χ0v) is 7.72. The van der Waals surface area contributed by atoms with Gasteiger partial charge in [0.15, 0.2) is 6.04 Å². The van der Waals surface area contributed by atoms with E-state index < -0.39 is 37.1 Å². The first-order chi connectivity index (χ1) is 7.43. The van der Waals surface area contributed by atoms with E-state index in [-0.39, 0.29) is 0 Å². The number of aliphatic carboxylic acids is 1. The largest absolute Gasteiger partial charge is 0.522 e. The molecule has 0 aliphatic heterocycles. The minimum absolute atomic E-state index is 0.841. The third-order valence-corrected chi connectivity index (χ3v) is 1.27. The molecule has 0 saturated heterocycles. The Morgan fingerprint density at radius 2 is 1.65 bits per heavy atom. The molecule has 0 aliphatic rings. The molecular weight excluding hydrogens is 264 g/mol. The third kappa shape index (κ3) is 6.60. The van der Waals surface area contributed by atoms with Crippen molar-refractivity contribution in [2.75, 3.05) is 6.61 Å². The van der Waals surface area contributed by atoms with E-state index in [9.17, 15) is 35.9 Å². The van der Waals surface area contributed by atoms with E-state index in [0.29, 0.717) is 0 Å². The molecule has 5 nitrogen and oxygen atoms in total. The van der Waals surface area contributed by atoms with E-state index >= 15 is 0 Å². The molecule has 0 rings (SSSR count). The number of carboxylic acid groups (broad SMARTS) is 1. The Morgan fingerprint density at radius 3 is 1.94 bits per heavy atom. The molecule has 0 aromatic carbocycles. The average molecular weight is 269 g/mol. The van der Waals surface area contributed by atoms with Crippen molar-refractivity contribution in [3.8, 4) is 0 Å². The Labute approximate surface area is 89.3 Å². The van der Waals surface area contributed by atoms with Gasteiger partial charge < -0.3 is 10.4 Å². The normalized spacial score (nSPS) is 14.2. The minimum Gasteiger partial charge on any atom is -0.480 e. The maximum absolute atomic E-state index is 11.7. The highest BCUT2D eigenvalue weighted by Gasteiger charge is 2.41. The fourth-order valence-electron chi connectivity index (χ4n) is 0.593. The smallest absolute Gasteiger partial charge is 0.480 e. The Morgan fingerprint density at radius 1 is 1.18 bits per heavy atom. The zero-order chi connectivity index (χ0) is 13.9. The van der Waals surface area contributed by atoms with E-state index in [1.807, 2.05) is 0 Å². The molecule has 0 saturated carbocycles. The number of hydrogen-bond acceptors (Lipinski definition) is 3. The lowest BCUT2D eigenvalue weighted by molar-refractivity contribution is -0.325. The van der Waals surface area contributed by atoms with Crippen LogP contribution in [0.3, 0.4) is 0 Å². The highest BCUT2D eigenvalue weighted by molar-refractivity contribution is 5.86. The predicted molar refractivity (Wildman–Crippen MR) is 37.6 cm³/mol. The van der Waals surface area contributed by atoms with Crippen LogP contribution < -0.4 is 5.32 Å². The van der Waals surface area contributed by atoms with E-state index in [4.69, 9.17) is 5.11 Å². The first-order valence-electron chi connectivity index (χ1n) is 3.74. The number of rotatable bonds is 4. The summed E-state index contributed by atoms with van der Waals surface area (Å²) < 4.78 is 72.5. The van der Waals surface area contributed by atoms with Crippen molar-refractivity contribution in [3.63, 3.8) is 0 Å². The standard InChI is InChI=1S/C6H5F6NO4/c7-5(8,9)4(16)13-2(3(14)15)1-17-6(10,11)12/h2H,1H2,(H,13,16)(H,14,15)/t2-/m0/s1. The number of amides is 1. The van der Waals surface area contributed by atoms with Crippen molar-refractivity contribution in [1.29, 1.82) is 0 Å². The number of ether oxygens (including phenoxy) is 1. The lowest BCUT2D eigenvalue weighted by Gasteiger charge is -2.16. The van der Waals surface area contributed by atoms with E-state index in [1.165, 1.54) is 0 Å². The molecule has 0 spiro atoms. The van der Waals surface area contributed by atoms with Crippen LogP contribution >= 0.6 is 0 Å². The first kappa shape index (κ1) is 15.5. The topological polar surface area (TPSA) is 75.6 Å². The van der Waals surface area contributed by atoms with Crippen molar-refractivity contribution in [2.45, 2.75) is 18.6 Å². The van der Waals surface area contributed by atoms with Crippen LogP contribution in [0.15, 0.2) is 0 Å². The van der Waals surface area contributed by atoms with E-state index in [2.05, 4.69) is 4.74 Å². The number of halogens is 6. The summed E-state index contributed by atoms with van der Waals surface area (Å²) in [5.74, 6) is -4.76. The summed E-state index contributed by atoms with van der Waals surface area (Å²) in [5, 5.41) is 9.10. The Kier molecular flexibility index (Phi) is 4.74. The van der Waals surface area contributed by atoms with Crippen LogP contribution in [0.4, 0.5) is 26.3 Å². The number of carbonyl (C=O) groups is 2. The van der Waals surface area contributed by atoms with E-state index in [1.54, 1.807) is 0 Å². The minimum atomic E-state index is -5.40. The maximum Gasteiger partial charge on any atom is 0.522 e. The molecule has 0 aliphatic carbocycles. The Bertz CT molecular complexity index is 298. The van der Waals surface area contributed by atoms with Crippen molar-refractivity contribution in [2.24, 2.45) is 0 Å². The Balaban J connectivity index is 4.47. The average Bonchev–Trinajstić information content (AvgIpc) is 2.07. The predicted octanol–water partition coefficient (Wildman–Crippen LogP) is 0.655. The molecule has 0 heterocycles. The first-order valence-corrected chi connectivity index (χ1v) is 3.74. The van der Waals surface area contributed by atoms with Crippen LogP contribution in [0.2, 0.25) is 0 Å². The molecule has 1 amide bonds. The number of carbonyl (C=O) groups excluding carboxylic acids is 1. The van der Waals surface area contributed by atoms with Gasteiger partial charge in [-0.15, -0.1) is 13.2 Å². The van der Waals surface area contributed by atoms with Crippen molar-refractivity contribution < 1.29 is 45.8 Å². The summed E-state index contributed by atoms with van der Waals surface area (Å²) >= 11 is 0. The molecule has 100 valence electrons. The fraction of sp³-hybridized carbons (Fsp3) is 0.667. The highest BCUT2D eigenvalue weighted by atomic mass is 19.4. The molecule has 2 N–H and O–H groups in total. The van der Waals surface area contributed by atoms with Crippen LogP contribution in [0.5, 0.6) is 0 Å². The Hall–Kier alpha value is -1.52. The second kappa shape index (κ2) is 5.21. The molecule has 1 atom stereocenters. The summed E-state index contributed by atoms with van der Waals surface area (Å²) in [5.41, 5.74) is 0. The van der Waals surface area contributed by atoms with Gasteiger partial charge in [-0.05, 0) is 0 Å². The van der Waals surface area contributed by atoms with Gasteiger partial charge in [0.1, 0.15) is 0 Å². The zero-order valence-electron chi connectivity index (χ0n) is 7.72. The lowest BCUT2D eigenvalue weighted by atomic mass is 10.3. The van der Waals surface area contributed by atoms with Crippen LogP contribution in [-0.2, 0) is 14.3 Å². The second-order valence-electron chi connectivity index (χ2n) is 2.62. The summed E-state index contributed by atoms with van der Waals surface area (Å²) in [6.45, 7) is -1.67. The number of nitrogens with one attached hydrogen (secondary N) is 1. The summed E-state index contributed by atoms with van der Waals surface area (Å²) in [7, 11) is 0. The number of carboxylic acids is 1. The van der Waals surface area contributed by atoms with Gasteiger partial charge in [0.2, 0.25) is 0 Å². The monoisotopic (exact) mass is 269 g/mol. The van der Waals surface area contributed by atoms with Crippen molar-refractivity contribution in [1.82, 2.24) is 5.32 Å². The van der Waals surface area contributed by atoms with Gasteiger partial charge in [0.25, 0.3) is 0 Å². The summed E-state index contributed by atoms with van der Waals surface area (Å²) in [6, 6.07) is -2.45. The second-order valence-corrected chi connectivity index (χ2v) is 2.62. The quantitative estimate of drug-likeness (QED) is 0.735.